The number of amides is 2. The Bertz CT molecular complexity index is 2170. The van der Waals surface area contributed by atoms with Crippen molar-refractivity contribution in [3.8, 4) is 5.75 Å². The van der Waals surface area contributed by atoms with E-state index in [0.717, 1.165) is 37.6 Å². The van der Waals surface area contributed by atoms with Gasteiger partial charge in [0.15, 0.2) is 5.49 Å². The third-order valence-corrected chi connectivity index (χ3v) is 8.43. The molecule has 1 aliphatic rings. The van der Waals surface area contributed by atoms with E-state index >= 15 is 0 Å². The van der Waals surface area contributed by atoms with Gasteiger partial charge in [-0.25, -0.2) is 9.97 Å². The monoisotopic (exact) mass is 633 g/mol. The van der Waals surface area contributed by atoms with Crippen molar-refractivity contribution in [2.45, 2.75) is 6.54 Å². The van der Waals surface area contributed by atoms with Crippen LogP contribution in [-0.4, -0.2) is 45.1 Å². The van der Waals surface area contributed by atoms with Gasteiger partial charge >= 0.3 is 0 Å². The molecule has 0 N–H and O–H groups in total. The molecular formula is C34H24ClN5O4S. The Kier molecular flexibility index (Phi) is 7.68. The molecule has 6 aromatic rings. The minimum Gasteiger partial charge on any atom is -0.497 e. The Morgan fingerprint density at radius 1 is 0.867 bits per heavy atom. The zero-order valence-electron chi connectivity index (χ0n) is 23.9. The molecule has 0 spiro atoms. The first-order valence-electron chi connectivity index (χ1n) is 14.0. The molecule has 3 heterocycles. The predicted molar refractivity (Wildman–Crippen MR) is 174 cm³/mol. The molecule has 4 aromatic carbocycles. The van der Waals surface area contributed by atoms with Gasteiger partial charge in [0, 0.05) is 5.02 Å². The number of aromatic nitrogens is 3. The molecule has 45 heavy (non-hydrogen) atoms. The summed E-state index contributed by atoms with van der Waals surface area (Å²) in [7, 11) is 1.63. The Morgan fingerprint density at radius 2 is 1.60 bits per heavy atom. The van der Waals surface area contributed by atoms with Crippen molar-refractivity contribution in [1.29, 1.82) is 0 Å². The predicted octanol–water partition coefficient (Wildman–Crippen LogP) is 6.94. The number of hydrogen-bond donors (Lipinski definition) is 0. The van der Waals surface area contributed by atoms with Crippen molar-refractivity contribution in [2.24, 2.45) is 4.99 Å². The topological polar surface area (TPSA) is 98.9 Å². The summed E-state index contributed by atoms with van der Waals surface area (Å²) in [5.74, 6) is -0.207. The first-order chi connectivity index (χ1) is 22.0. The molecular weight excluding hydrogens is 610 g/mol. The number of carbonyl (C=O) groups excluding carboxylic acids is 2. The van der Waals surface area contributed by atoms with Gasteiger partial charge in [0.2, 0.25) is 5.13 Å². The summed E-state index contributed by atoms with van der Waals surface area (Å²) in [6, 6.07) is 27.6. The van der Waals surface area contributed by atoms with Crippen molar-refractivity contribution < 1.29 is 19.2 Å². The number of halogens is 1. The van der Waals surface area contributed by atoms with E-state index in [1.807, 2.05) is 77.4 Å². The van der Waals surface area contributed by atoms with Gasteiger partial charge in [0.05, 0.1) is 52.6 Å². The number of hydroxylamine groups is 2. The van der Waals surface area contributed by atoms with Crippen LogP contribution in [0.4, 0.5) is 5.13 Å². The van der Waals surface area contributed by atoms with Crippen LogP contribution in [0, 0.1) is 0 Å². The fourth-order valence-corrected chi connectivity index (χ4v) is 6.21. The summed E-state index contributed by atoms with van der Waals surface area (Å²) in [4.78, 5) is 46.3. The molecule has 0 fully saturated rings. The van der Waals surface area contributed by atoms with Crippen LogP contribution in [0.25, 0.3) is 33.4 Å². The highest BCUT2D eigenvalue weighted by molar-refractivity contribution is 7.22. The molecule has 7 rings (SSSR count). The number of para-hydroxylation sites is 2. The molecule has 0 bridgehead atoms. The van der Waals surface area contributed by atoms with Gasteiger partial charge in [-0.1, -0.05) is 65.4 Å². The smallest absolute Gasteiger partial charge is 0.285 e. The lowest BCUT2D eigenvalue weighted by atomic mass is 10.1. The Hall–Kier alpha value is -5.16. The number of imide groups is 1. The second kappa shape index (κ2) is 12.1. The first kappa shape index (κ1) is 28.6. The number of ether oxygens (including phenoxy) is 1. The van der Waals surface area contributed by atoms with Gasteiger partial charge in [0.25, 0.3) is 11.8 Å². The average molecular weight is 634 g/mol. The van der Waals surface area contributed by atoms with Crippen LogP contribution < -0.4 is 10.2 Å². The van der Waals surface area contributed by atoms with E-state index in [0.29, 0.717) is 32.5 Å². The molecule has 0 saturated carbocycles. The van der Waals surface area contributed by atoms with Crippen LogP contribution in [0.2, 0.25) is 5.02 Å². The average Bonchev–Trinajstić information content (AvgIpc) is 3.57. The Labute approximate surface area is 266 Å². The highest BCUT2D eigenvalue weighted by Crippen LogP contribution is 2.30. The minimum absolute atomic E-state index is 0.0176. The standard InChI is InChI=1S/C34H24ClN5O4S/c1-43-23-14-10-21(11-15-23)12-16-28-31(38-34-37-27-17-13-22(35)20-30(27)45-34)39(29-9-5-4-8-26(29)36-28)18-19-44-40-32(41)24-6-2-3-7-25(24)33(40)42/h2-17,20H,18-19H2,1H3/b16-12+,38-31+. The third-order valence-electron chi connectivity index (χ3n) is 7.28. The lowest BCUT2D eigenvalue weighted by Gasteiger charge is -2.17. The molecule has 2 aromatic heterocycles. The molecule has 1 aliphatic heterocycles. The van der Waals surface area contributed by atoms with Crippen LogP contribution >= 0.6 is 22.9 Å². The van der Waals surface area contributed by atoms with Gasteiger partial charge in [-0.05, 0) is 66.2 Å². The van der Waals surface area contributed by atoms with Gasteiger partial charge in [-0.15, -0.1) is 5.06 Å². The van der Waals surface area contributed by atoms with Gasteiger partial charge in [0.1, 0.15) is 11.4 Å². The van der Waals surface area contributed by atoms with Crippen molar-refractivity contribution >= 4 is 73.3 Å². The van der Waals surface area contributed by atoms with Crippen molar-refractivity contribution in [1.82, 2.24) is 19.6 Å². The SMILES string of the molecule is COc1ccc(/C=C/c2nc3ccccc3n(CCON3C(=O)c4ccccc4C3=O)/c2=N/c2nc3ccc(Cl)cc3s2)cc1. The maximum absolute atomic E-state index is 12.9. The summed E-state index contributed by atoms with van der Waals surface area (Å²) in [5.41, 5.74) is 5.05. The van der Waals surface area contributed by atoms with Crippen LogP contribution in [0.15, 0.2) is 96.0 Å². The second-order valence-corrected chi connectivity index (χ2v) is 11.5. The summed E-state index contributed by atoms with van der Waals surface area (Å²) < 4.78 is 8.17. The molecule has 0 radical (unpaired) electrons. The number of methoxy groups -OCH3 is 1. The van der Waals surface area contributed by atoms with E-state index in [1.54, 1.807) is 37.4 Å². The summed E-state index contributed by atoms with van der Waals surface area (Å²) in [5, 5.41) is 1.97. The van der Waals surface area contributed by atoms with E-state index in [-0.39, 0.29) is 13.2 Å². The van der Waals surface area contributed by atoms with Crippen LogP contribution in [0.5, 0.6) is 5.75 Å². The first-order valence-corrected chi connectivity index (χ1v) is 15.2. The highest BCUT2D eigenvalue weighted by Gasteiger charge is 2.36. The van der Waals surface area contributed by atoms with Crippen molar-refractivity contribution in [2.75, 3.05) is 13.7 Å². The number of hydrogen-bond acceptors (Lipinski definition) is 8. The number of thiazole rings is 1. The fourth-order valence-electron chi connectivity index (χ4n) is 5.10. The van der Waals surface area contributed by atoms with Crippen LogP contribution in [0.3, 0.4) is 0 Å². The maximum atomic E-state index is 12.9. The Balaban J connectivity index is 1.31. The number of benzene rings is 4. The molecule has 11 heteroatoms. The number of fused-ring (bicyclic) bond motifs is 3. The number of rotatable bonds is 8. The molecule has 2 amide bonds. The largest absolute Gasteiger partial charge is 0.497 e. The van der Waals surface area contributed by atoms with E-state index in [4.69, 9.17) is 36.1 Å². The van der Waals surface area contributed by atoms with Crippen LogP contribution in [0.1, 0.15) is 32.0 Å². The fraction of sp³-hybridized carbons (Fsp3) is 0.0882. The van der Waals surface area contributed by atoms with E-state index in [1.165, 1.54) is 11.3 Å². The maximum Gasteiger partial charge on any atom is 0.285 e. The molecule has 9 nitrogen and oxygen atoms in total. The second-order valence-electron chi connectivity index (χ2n) is 10.1. The van der Waals surface area contributed by atoms with Gasteiger partial charge < -0.3 is 9.30 Å². The molecule has 0 unspecified atom stereocenters. The van der Waals surface area contributed by atoms with Crippen LogP contribution in [-0.2, 0) is 11.4 Å². The normalized spacial score (nSPS) is 13.5. The quantitative estimate of drug-likeness (QED) is 0.168. The highest BCUT2D eigenvalue weighted by atomic mass is 35.5. The third kappa shape index (κ3) is 5.62. The van der Waals surface area contributed by atoms with Crippen molar-refractivity contribution in [3.63, 3.8) is 0 Å². The Morgan fingerprint density at radius 3 is 2.36 bits per heavy atom. The zero-order valence-corrected chi connectivity index (χ0v) is 25.5. The molecule has 222 valence electrons. The lowest BCUT2D eigenvalue weighted by Crippen LogP contribution is -2.33. The lowest BCUT2D eigenvalue weighted by molar-refractivity contribution is -0.0935. The van der Waals surface area contributed by atoms with E-state index in [2.05, 4.69) is 0 Å². The molecule has 0 saturated heterocycles. The summed E-state index contributed by atoms with van der Waals surface area (Å²) in [6.45, 7) is 0.277. The number of carbonyl (C=O) groups is 2. The summed E-state index contributed by atoms with van der Waals surface area (Å²) in [6.07, 6.45) is 3.85. The minimum atomic E-state index is -0.485. The van der Waals surface area contributed by atoms with Gasteiger partial charge in [-0.2, -0.15) is 4.99 Å². The van der Waals surface area contributed by atoms with Crippen molar-refractivity contribution in [3.05, 3.63) is 124 Å². The number of nitrogens with zero attached hydrogens (tertiary/aromatic N) is 5. The molecule has 0 atom stereocenters. The summed E-state index contributed by atoms with van der Waals surface area (Å²) >= 11 is 7.65. The molecule has 0 aliphatic carbocycles. The van der Waals surface area contributed by atoms with Gasteiger partial charge in [-0.3, -0.25) is 14.4 Å². The van der Waals surface area contributed by atoms with E-state index < -0.39 is 11.8 Å². The zero-order chi connectivity index (χ0) is 30.9. The van der Waals surface area contributed by atoms with E-state index in [9.17, 15) is 9.59 Å².